The Labute approximate surface area is 470 Å². The number of nitrogen functional groups attached to an aromatic ring is 2. The monoisotopic (exact) mass is 1190 g/mol. The number of hydrogen-bond donors (Lipinski definition) is 6. The van der Waals surface area contributed by atoms with Crippen LogP contribution in [0.4, 0.5) is 29.2 Å². The Hall–Kier alpha value is -6.18. The van der Waals surface area contributed by atoms with E-state index in [1.54, 1.807) is 11.8 Å². The number of ether oxygens (including phenoxy) is 5. The highest BCUT2D eigenvalue weighted by molar-refractivity contribution is 8.04. The zero-order chi connectivity index (χ0) is 59.6. The van der Waals surface area contributed by atoms with Gasteiger partial charge in [-0.15, -0.1) is 0 Å². The van der Waals surface area contributed by atoms with E-state index in [-0.39, 0.29) is 97.3 Å². The van der Waals surface area contributed by atoms with Gasteiger partial charge in [-0.1, -0.05) is 6.92 Å². The molecule has 31 heteroatoms. The minimum absolute atomic E-state index is 0.0189. The van der Waals surface area contributed by atoms with E-state index >= 15 is 0 Å². The molecule has 2 amide bonds. The number of aliphatic hydroxyl groups excluding tert-OH is 2. The number of anilines is 2. The van der Waals surface area contributed by atoms with E-state index in [2.05, 4.69) is 20.6 Å². The first-order chi connectivity index (χ1) is 38.3. The number of esters is 4. The second-order valence-corrected chi connectivity index (χ2v) is 22.3. The fourth-order valence-corrected chi connectivity index (χ4v) is 12.4. The van der Waals surface area contributed by atoms with Gasteiger partial charge in [0.15, 0.2) is 13.2 Å². The number of aromatic nitrogens is 4. The largest absolute Gasteiger partial charge is 0.463 e. The van der Waals surface area contributed by atoms with Crippen molar-refractivity contribution in [2.75, 3.05) is 75.7 Å². The highest BCUT2D eigenvalue weighted by Gasteiger charge is 2.59. The molecular weight excluding hydrogens is 1120 g/mol. The van der Waals surface area contributed by atoms with Gasteiger partial charge < -0.3 is 56.0 Å². The van der Waals surface area contributed by atoms with Gasteiger partial charge in [0, 0.05) is 84.5 Å². The lowest BCUT2D eigenvalue weighted by atomic mass is 9.99. The van der Waals surface area contributed by atoms with Crippen LogP contribution in [0.3, 0.4) is 0 Å². The summed E-state index contributed by atoms with van der Waals surface area (Å²) in [6.07, 6.45) is -2.01. The van der Waals surface area contributed by atoms with E-state index in [0.29, 0.717) is 21.3 Å². The van der Waals surface area contributed by atoms with Crippen LogP contribution >= 0.6 is 23.5 Å². The molecule has 4 unspecified atom stereocenters. The van der Waals surface area contributed by atoms with Crippen LogP contribution < -0.4 is 33.5 Å². The number of hydrogen-bond acceptors (Lipinski definition) is 23. The van der Waals surface area contributed by atoms with Gasteiger partial charge >= 0.3 is 35.3 Å². The van der Waals surface area contributed by atoms with Crippen molar-refractivity contribution in [3.05, 3.63) is 45.5 Å². The lowest BCUT2D eigenvalue weighted by Gasteiger charge is -2.37. The van der Waals surface area contributed by atoms with Crippen LogP contribution in [0.15, 0.2) is 34.1 Å². The number of aliphatic hydroxyl groups is 2. The van der Waals surface area contributed by atoms with Gasteiger partial charge in [-0.2, -0.15) is 33.5 Å². The lowest BCUT2D eigenvalue weighted by molar-refractivity contribution is -0.162. The van der Waals surface area contributed by atoms with Gasteiger partial charge in [0.05, 0.1) is 45.2 Å². The van der Waals surface area contributed by atoms with E-state index in [4.69, 9.17) is 35.2 Å². The molecule has 8 N–H and O–H groups in total. The zero-order valence-corrected chi connectivity index (χ0v) is 46.1. The van der Waals surface area contributed by atoms with Crippen molar-refractivity contribution in [3.8, 4) is 0 Å². The van der Waals surface area contributed by atoms with Crippen LogP contribution in [0.5, 0.6) is 0 Å². The van der Waals surface area contributed by atoms with Crippen LogP contribution in [-0.4, -0.2) is 175 Å². The van der Waals surface area contributed by atoms with Crippen molar-refractivity contribution < 1.29 is 89.8 Å². The number of carbonyl (C=O) groups excluding carboxylic acids is 8. The van der Waals surface area contributed by atoms with Crippen LogP contribution in [0.1, 0.15) is 90.1 Å². The molecule has 0 bridgehead atoms. The molecule has 0 saturated heterocycles. The summed E-state index contributed by atoms with van der Waals surface area (Å²) < 4.78 is 86.2. The van der Waals surface area contributed by atoms with E-state index in [1.807, 2.05) is 6.92 Å². The molecule has 0 radical (unpaired) electrons. The molecule has 3 saturated carbocycles. The third-order valence-corrected chi connectivity index (χ3v) is 17.2. The molecule has 0 aromatic carbocycles. The number of Topliss-reactive ketones (excluding diaryl/α,β-unsaturated/α-hetero) is 2. The van der Waals surface area contributed by atoms with Crippen molar-refractivity contribution in [1.29, 1.82) is 0 Å². The Balaban J connectivity index is 0.994. The van der Waals surface area contributed by atoms with Crippen LogP contribution in [0.2, 0.25) is 0 Å². The average Bonchev–Trinajstić information content (AvgIpc) is 3.86. The zero-order valence-electron chi connectivity index (χ0n) is 44.5. The average molecular weight is 1190 g/mol. The predicted molar refractivity (Wildman–Crippen MR) is 280 cm³/mol. The standard InChI is InChI=1S/C50H68F4N8O17S2/c1-3-28(45(71)57-12-6-39(65)78-23-41(67)76-21-29-19-35(49(51,52)43(29)69)61-14-8-37(55)59-47(61)73)25-80-33-4-5-34(33)81-26-31(18-32(64)11-17-75-16-10-27(2)63)46(72)58-13-7-40(66)79-24-42(68)77-22-30-20-36(50(53,54)44(30)70)62-15-9-38(56)60-48(62)74/h8-9,14-15,28-31,33-36,43-44,69-70H,3-7,10-13,16-26H2,1-2H3,(H,57,71)(H,58,72)(H2,55,59,73)(H2,56,60,74)/t28?,29-,30-,31?,33?,34?,35-,36-,43-,44-/m0/s1. The molecule has 0 aliphatic heterocycles. The first-order valence-electron chi connectivity index (χ1n) is 26.1. The second-order valence-electron chi connectivity index (χ2n) is 19.8. The van der Waals surface area contributed by atoms with Gasteiger partial charge in [0.1, 0.15) is 47.5 Å². The smallest absolute Gasteiger partial charge is 0.349 e. The number of nitrogens with one attached hydrogen (secondary N) is 2. The van der Waals surface area contributed by atoms with Gasteiger partial charge in [0.25, 0.3) is 11.8 Å². The summed E-state index contributed by atoms with van der Waals surface area (Å²) in [6, 6.07) is -1.28. The Morgan fingerprint density at radius 1 is 0.679 bits per heavy atom. The molecule has 2 aromatic heterocycles. The van der Waals surface area contributed by atoms with E-state index in [1.165, 1.54) is 18.7 Å². The molecule has 450 valence electrons. The van der Waals surface area contributed by atoms with Crippen LogP contribution in [0, 0.1) is 23.7 Å². The number of rotatable bonds is 33. The molecule has 25 nitrogen and oxygen atoms in total. The molecule has 0 spiro atoms. The molecular formula is C50H68F4N8O17S2. The predicted octanol–water partition coefficient (Wildman–Crippen LogP) is 0.949. The normalized spacial score (nSPS) is 23.3. The van der Waals surface area contributed by atoms with Crippen molar-refractivity contribution in [1.82, 2.24) is 29.7 Å². The quantitative estimate of drug-likeness (QED) is 0.0251. The van der Waals surface area contributed by atoms with E-state index < -0.39 is 147 Å². The van der Waals surface area contributed by atoms with E-state index in [9.17, 15) is 75.7 Å². The third-order valence-electron chi connectivity index (χ3n) is 13.9. The van der Waals surface area contributed by atoms with Crippen molar-refractivity contribution >= 4 is 82.4 Å². The molecule has 2 heterocycles. The van der Waals surface area contributed by atoms with Gasteiger partial charge in [-0.3, -0.25) is 37.9 Å². The van der Waals surface area contributed by atoms with E-state index in [0.717, 1.165) is 37.4 Å². The minimum Gasteiger partial charge on any atom is -0.463 e. The minimum atomic E-state index is -3.78. The Kier molecular flexibility index (Phi) is 24.9. The van der Waals surface area contributed by atoms with Crippen LogP contribution in [0.25, 0.3) is 0 Å². The number of thioether (sulfide) groups is 2. The first kappa shape index (κ1) is 65.6. The Morgan fingerprint density at radius 2 is 1.11 bits per heavy atom. The Morgan fingerprint density at radius 3 is 1.53 bits per heavy atom. The molecule has 81 heavy (non-hydrogen) atoms. The summed E-state index contributed by atoms with van der Waals surface area (Å²) in [7, 11) is 0. The molecule has 5 rings (SSSR count). The summed E-state index contributed by atoms with van der Waals surface area (Å²) in [5.74, 6) is -16.3. The fraction of sp³-hybridized carbons (Fsp3) is 0.680. The maximum absolute atomic E-state index is 14.9. The summed E-state index contributed by atoms with van der Waals surface area (Å²) >= 11 is 3.05. The summed E-state index contributed by atoms with van der Waals surface area (Å²) in [6.45, 7) is -0.0620. The molecule has 3 aliphatic carbocycles. The number of carbonyl (C=O) groups is 8. The molecule has 3 aliphatic rings. The summed E-state index contributed by atoms with van der Waals surface area (Å²) in [5.41, 5.74) is 8.78. The molecule has 2 aromatic rings. The first-order valence-corrected chi connectivity index (χ1v) is 28.2. The third kappa shape index (κ3) is 19.2. The number of halogens is 4. The summed E-state index contributed by atoms with van der Waals surface area (Å²) in [5, 5.41) is 26.0. The Bertz CT molecular complexity index is 2670. The highest BCUT2D eigenvalue weighted by atomic mass is 32.2. The van der Waals surface area contributed by atoms with Crippen LogP contribution in [-0.2, 0) is 62.0 Å². The van der Waals surface area contributed by atoms with Gasteiger partial charge in [-0.25, -0.2) is 36.7 Å². The topological polar surface area (TPSA) is 369 Å². The summed E-state index contributed by atoms with van der Waals surface area (Å²) in [4.78, 5) is 132. The molecule has 3 fully saturated rings. The number of nitrogens with zero attached hydrogens (tertiary/aromatic N) is 4. The molecule has 10 atom stereocenters. The number of ketones is 2. The number of nitrogens with two attached hydrogens (primary N) is 2. The van der Waals surface area contributed by atoms with Crippen molar-refractivity contribution in [3.63, 3.8) is 0 Å². The van der Waals surface area contributed by atoms with Gasteiger partial charge in [0.2, 0.25) is 11.8 Å². The van der Waals surface area contributed by atoms with Gasteiger partial charge in [-0.05, 0) is 51.2 Å². The number of alkyl halides is 4. The maximum Gasteiger partial charge on any atom is 0.349 e. The van der Waals surface area contributed by atoms with Crippen molar-refractivity contribution in [2.45, 2.75) is 125 Å². The van der Waals surface area contributed by atoms with Crippen molar-refractivity contribution in [2.24, 2.45) is 23.7 Å². The highest BCUT2D eigenvalue weighted by Crippen LogP contribution is 2.48. The number of amides is 2. The maximum atomic E-state index is 14.9. The second kappa shape index (κ2) is 30.8. The lowest BCUT2D eigenvalue weighted by Crippen LogP contribution is -2.41. The fourth-order valence-electron chi connectivity index (χ4n) is 8.97. The SMILES string of the molecule is CCC(CSC1CCC1SCC(CC(=O)CCOCCC(C)=O)C(=O)NCCC(=O)OCC(=O)OC[C@@H]1C[C@H](n2ccc(N)nc2=O)C(F)(F)[C@H]1O)C(=O)NCCC(=O)OCC(=O)OC[C@@H]1C[C@H](n2ccc(N)nc2=O)C(F)(F)[C@H]1O.